The molecule has 0 saturated carbocycles. The molecule has 2 N–H and O–H groups in total. The molecule has 0 aliphatic rings. The summed E-state index contributed by atoms with van der Waals surface area (Å²) >= 11 is 1.58. The van der Waals surface area contributed by atoms with Crippen molar-refractivity contribution in [3.63, 3.8) is 0 Å². The monoisotopic (exact) mass is 219 g/mol. The molecule has 1 unspecified atom stereocenters. The quantitative estimate of drug-likeness (QED) is 0.735. The summed E-state index contributed by atoms with van der Waals surface area (Å²) in [6.07, 6.45) is 0.744. The summed E-state index contributed by atoms with van der Waals surface area (Å²) in [6.45, 7) is 8.10. The van der Waals surface area contributed by atoms with Crippen molar-refractivity contribution in [1.29, 1.82) is 0 Å². The van der Waals surface area contributed by atoms with Gasteiger partial charge in [-0.15, -0.1) is 11.8 Å². The van der Waals surface area contributed by atoms with E-state index in [4.69, 9.17) is 5.11 Å². The van der Waals surface area contributed by atoms with Crippen molar-refractivity contribution in [2.45, 2.75) is 44.9 Å². The molecule has 0 spiro atoms. The van der Waals surface area contributed by atoms with Crippen molar-refractivity contribution in [2.24, 2.45) is 0 Å². The van der Waals surface area contributed by atoms with Crippen molar-refractivity contribution in [3.8, 4) is 0 Å². The number of amides is 1. The Balaban J connectivity index is 3.64. The van der Waals surface area contributed by atoms with Crippen LogP contribution in [-0.4, -0.2) is 34.2 Å². The van der Waals surface area contributed by atoms with Gasteiger partial charge in [-0.05, 0) is 27.2 Å². The molecule has 1 amide bonds. The Kier molecular flexibility index (Phi) is 6.20. The van der Waals surface area contributed by atoms with Crippen LogP contribution in [0.3, 0.4) is 0 Å². The van der Waals surface area contributed by atoms with E-state index >= 15 is 0 Å². The second kappa shape index (κ2) is 6.30. The summed E-state index contributed by atoms with van der Waals surface area (Å²) in [6, 6.07) is 0. The number of nitrogens with one attached hydrogen (secondary N) is 1. The topological polar surface area (TPSA) is 49.3 Å². The number of aliphatic hydroxyl groups is 1. The van der Waals surface area contributed by atoms with E-state index in [9.17, 15) is 4.79 Å². The van der Waals surface area contributed by atoms with Gasteiger partial charge in [0.1, 0.15) is 0 Å². The number of carbonyl (C=O) groups is 1. The lowest BCUT2D eigenvalue weighted by Gasteiger charge is -2.20. The molecule has 0 aliphatic heterocycles. The smallest absolute Gasteiger partial charge is 0.230 e. The first-order valence-electron chi connectivity index (χ1n) is 4.88. The summed E-state index contributed by atoms with van der Waals surface area (Å²) in [4.78, 5) is 11.4. The SMILES string of the molecule is CC(CCO)SCC(=O)NC(C)(C)C. The summed E-state index contributed by atoms with van der Waals surface area (Å²) in [5, 5.41) is 11.9. The second-order valence-corrected chi connectivity index (χ2v) is 5.86. The zero-order valence-electron chi connectivity index (χ0n) is 9.46. The van der Waals surface area contributed by atoms with Gasteiger partial charge in [0, 0.05) is 17.4 Å². The molecule has 0 saturated heterocycles. The average molecular weight is 219 g/mol. The van der Waals surface area contributed by atoms with E-state index < -0.39 is 0 Å². The minimum absolute atomic E-state index is 0.0623. The molecule has 0 aromatic heterocycles. The number of carbonyl (C=O) groups excluding carboxylic acids is 1. The zero-order valence-corrected chi connectivity index (χ0v) is 10.3. The second-order valence-electron chi connectivity index (χ2n) is 4.43. The summed E-state index contributed by atoms with van der Waals surface area (Å²) in [7, 11) is 0. The number of thioether (sulfide) groups is 1. The molecule has 0 aromatic carbocycles. The lowest BCUT2D eigenvalue weighted by Crippen LogP contribution is -2.41. The summed E-state index contributed by atoms with van der Waals surface area (Å²) < 4.78 is 0. The van der Waals surface area contributed by atoms with Crippen molar-refractivity contribution >= 4 is 17.7 Å². The first-order valence-corrected chi connectivity index (χ1v) is 5.93. The van der Waals surface area contributed by atoms with E-state index in [1.165, 1.54) is 0 Å². The first kappa shape index (κ1) is 13.8. The number of hydrogen-bond donors (Lipinski definition) is 2. The molecule has 0 fully saturated rings. The van der Waals surface area contributed by atoms with Crippen molar-refractivity contribution in [2.75, 3.05) is 12.4 Å². The van der Waals surface area contributed by atoms with Gasteiger partial charge >= 0.3 is 0 Å². The molecule has 4 heteroatoms. The first-order chi connectivity index (χ1) is 6.35. The number of rotatable bonds is 5. The van der Waals surface area contributed by atoms with E-state index in [1.54, 1.807) is 11.8 Å². The predicted octanol–water partition coefficient (Wildman–Crippen LogP) is 1.41. The molecule has 0 radical (unpaired) electrons. The highest BCUT2D eigenvalue weighted by molar-refractivity contribution is 8.00. The molecule has 0 aromatic rings. The molecule has 0 heterocycles. The van der Waals surface area contributed by atoms with Crippen LogP contribution in [0, 0.1) is 0 Å². The van der Waals surface area contributed by atoms with E-state index in [0.29, 0.717) is 11.0 Å². The van der Waals surface area contributed by atoms with Crippen molar-refractivity contribution in [3.05, 3.63) is 0 Å². The molecule has 0 aliphatic carbocycles. The average Bonchev–Trinajstić information content (AvgIpc) is 1.98. The fourth-order valence-electron chi connectivity index (χ4n) is 0.937. The third kappa shape index (κ3) is 8.38. The highest BCUT2D eigenvalue weighted by Crippen LogP contribution is 2.13. The van der Waals surface area contributed by atoms with Crippen LogP contribution in [0.4, 0.5) is 0 Å². The van der Waals surface area contributed by atoms with E-state index in [0.717, 1.165) is 6.42 Å². The van der Waals surface area contributed by atoms with Gasteiger partial charge in [-0.2, -0.15) is 0 Å². The van der Waals surface area contributed by atoms with Crippen LogP contribution in [0.25, 0.3) is 0 Å². The van der Waals surface area contributed by atoms with Crippen LogP contribution in [0.15, 0.2) is 0 Å². The van der Waals surface area contributed by atoms with E-state index in [2.05, 4.69) is 5.32 Å². The van der Waals surface area contributed by atoms with Crippen LogP contribution in [0.5, 0.6) is 0 Å². The van der Waals surface area contributed by atoms with Gasteiger partial charge in [0.05, 0.1) is 5.75 Å². The fourth-order valence-corrected chi connectivity index (χ4v) is 1.72. The van der Waals surface area contributed by atoms with Crippen LogP contribution < -0.4 is 5.32 Å². The van der Waals surface area contributed by atoms with Crippen molar-refractivity contribution in [1.82, 2.24) is 5.32 Å². The molecule has 0 bridgehead atoms. The Morgan fingerprint density at radius 1 is 1.50 bits per heavy atom. The largest absolute Gasteiger partial charge is 0.396 e. The zero-order chi connectivity index (χ0) is 11.2. The van der Waals surface area contributed by atoms with Gasteiger partial charge in [0.25, 0.3) is 0 Å². The highest BCUT2D eigenvalue weighted by Gasteiger charge is 2.14. The fraction of sp³-hybridized carbons (Fsp3) is 0.900. The molecule has 14 heavy (non-hydrogen) atoms. The lowest BCUT2D eigenvalue weighted by atomic mass is 10.1. The predicted molar refractivity (Wildman–Crippen MR) is 61.5 cm³/mol. The van der Waals surface area contributed by atoms with Gasteiger partial charge in [0.2, 0.25) is 5.91 Å². The molecule has 84 valence electrons. The van der Waals surface area contributed by atoms with Crippen LogP contribution in [0.2, 0.25) is 0 Å². The maximum absolute atomic E-state index is 11.4. The van der Waals surface area contributed by atoms with Gasteiger partial charge in [-0.3, -0.25) is 4.79 Å². The minimum Gasteiger partial charge on any atom is -0.396 e. The third-order valence-electron chi connectivity index (χ3n) is 1.55. The highest BCUT2D eigenvalue weighted by atomic mass is 32.2. The number of hydrogen-bond acceptors (Lipinski definition) is 3. The Bertz CT molecular complexity index is 177. The lowest BCUT2D eigenvalue weighted by molar-refractivity contribution is -0.119. The van der Waals surface area contributed by atoms with Crippen LogP contribution >= 0.6 is 11.8 Å². The normalized spacial score (nSPS) is 13.8. The number of aliphatic hydroxyl groups excluding tert-OH is 1. The summed E-state index contributed by atoms with van der Waals surface area (Å²) in [5.74, 6) is 0.533. The molecular formula is C10H21NO2S. The minimum atomic E-state index is -0.155. The third-order valence-corrected chi connectivity index (χ3v) is 2.78. The van der Waals surface area contributed by atoms with Gasteiger partial charge in [-0.25, -0.2) is 0 Å². The maximum atomic E-state index is 11.4. The Morgan fingerprint density at radius 2 is 2.07 bits per heavy atom. The molecular weight excluding hydrogens is 198 g/mol. The van der Waals surface area contributed by atoms with E-state index in [-0.39, 0.29) is 18.1 Å². The van der Waals surface area contributed by atoms with E-state index in [1.807, 2.05) is 27.7 Å². The standard InChI is InChI=1S/C10H21NO2S/c1-8(5-6-12)14-7-9(13)11-10(2,3)4/h8,12H,5-7H2,1-4H3,(H,11,13). The van der Waals surface area contributed by atoms with Crippen molar-refractivity contribution < 1.29 is 9.90 Å². The van der Waals surface area contributed by atoms with Gasteiger partial charge in [0.15, 0.2) is 0 Å². The molecule has 1 atom stereocenters. The van der Waals surface area contributed by atoms with Crippen LogP contribution in [-0.2, 0) is 4.79 Å². The Morgan fingerprint density at radius 3 is 2.50 bits per heavy atom. The van der Waals surface area contributed by atoms with Gasteiger partial charge in [-0.1, -0.05) is 6.92 Å². The van der Waals surface area contributed by atoms with Gasteiger partial charge < -0.3 is 10.4 Å². The Hall–Kier alpha value is -0.220. The summed E-state index contributed by atoms with van der Waals surface area (Å²) in [5.41, 5.74) is -0.155. The molecule has 3 nitrogen and oxygen atoms in total. The molecule has 0 rings (SSSR count). The van der Waals surface area contributed by atoms with Crippen LogP contribution in [0.1, 0.15) is 34.1 Å². The maximum Gasteiger partial charge on any atom is 0.230 e. The Labute approximate surface area is 90.7 Å².